The second-order valence-electron chi connectivity index (χ2n) is 5.59. The van der Waals surface area contributed by atoms with Crippen LogP contribution < -0.4 is 5.32 Å². The summed E-state index contributed by atoms with van der Waals surface area (Å²) in [6, 6.07) is 8.75. The highest BCUT2D eigenvalue weighted by Gasteiger charge is 2.28. The van der Waals surface area contributed by atoms with E-state index in [1.807, 2.05) is 30.3 Å². The highest BCUT2D eigenvalue weighted by atomic mass is 32.1. The van der Waals surface area contributed by atoms with Gasteiger partial charge in [0.1, 0.15) is 12.6 Å². The summed E-state index contributed by atoms with van der Waals surface area (Å²) in [6.07, 6.45) is 4.67. The molecule has 0 bridgehead atoms. The summed E-state index contributed by atoms with van der Waals surface area (Å²) in [6.45, 7) is -0.421. The SMILES string of the molecule is O=C(O)CN1C=CCC[C@H](NC(=O)[C@@H](S)Cc2ccccc2)C1=O. The molecule has 1 aliphatic heterocycles. The Bertz CT molecular complexity index is 633. The first-order valence-corrected chi connectivity index (χ1v) is 8.20. The number of hydrogen-bond donors (Lipinski definition) is 3. The van der Waals surface area contributed by atoms with Gasteiger partial charge in [-0.1, -0.05) is 36.4 Å². The lowest BCUT2D eigenvalue weighted by atomic mass is 10.1. The molecule has 0 unspecified atom stereocenters. The molecule has 128 valence electrons. The fraction of sp³-hybridized carbons (Fsp3) is 0.353. The van der Waals surface area contributed by atoms with Gasteiger partial charge < -0.3 is 15.3 Å². The Kier molecular flexibility index (Phi) is 6.43. The smallest absolute Gasteiger partial charge is 0.323 e. The predicted molar refractivity (Wildman–Crippen MR) is 92.6 cm³/mol. The van der Waals surface area contributed by atoms with E-state index in [2.05, 4.69) is 17.9 Å². The molecule has 1 aromatic rings. The van der Waals surface area contributed by atoms with E-state index < -0.39 is 29.7 Å². The average molecular weight is 348 g/mol. The van der Waals surface area contributed by atoms with Gasteiger partial charge in [0.15, 0.2) is 0 Å². The monoisotopic (exact) mass is 348 g/mol. The number of aliphatic carboxylic acids is 1. The van der Waals surface area contributed by atoms with Gasteiger partial charge in [-0.05, 0) is 24.8 Å². The molecule has 2 rings (SSSR count). The van der Waals surface area contributed by atoms with Gasteiger partial charge in [-0.15, -0.1) is 0 Å². The summed E-state index contributed by atoms with van der Waals surface area (Å²) >= 11 is 4.32. The van der Waals surface area contributed by atoms with E-state index in [0.717, 1.165) is 10.5 Å². The molecule has 0 aromatic heterocycles. The first kappa shape index (κ1) is 18.1. The van der Waals surface area contributed by atoms with Crippen molar-refractivity contribution < 1.29 is 19.5 Å². The summed E-state index contributed by atoms with van der Waals surface area (Å²) < 4.78 is 0. The van der Waals surface area contributed by atoms with Crippen molar-refractivity contribution in [2.24, 2.45) is 0 Å². The molecule has 0 fully saturated rings. The van der Waals surface area contributed by atoms with Gasteiger partial charge in [-0.3, -0.25) is 14.4 Å². The van der Waals surface area contributed by atoms with Crippen LogP contribution in [-0.2, 0) is 20.8 Å². The van der Waals surface area contributed by atoms with Gasteiger partial charge in [-0.2, -0.15) is 12.6 Å². The number of nitrogens with zero attached hydrogens (tertiary/aromatic N) is 1. The van der Waals surface area contributed by atoms with Crippen LogP contribution in [0, 0.1) is 0 Å². The van der Waals surface area contributed by atoms with Crippen molar-refractivity contribution >= 4 is 30.4 Å². The van der Waals surface area contributed by atoms with Gasteiger partial charge >= 0.3 is 5.97 Å². The Hall–Kier alpha value is -2.28. The number of carboxylic acids is 1. The Balaban J connectivity index is 1.96. The van der Waals surface area contributed by atoms with Gasteiger partial charge in [0.25, 0.3) is 0 Å². The summed E-state index contributed by atoms with van der Waals surface area (Å²) in [7, 11) is 0. The zero-order valence-electron chi connectivity index (χ0n) is 13.1. The van der Waals surface area contributed by atoms with E-state index in [1.54, 1.807) is 6.08 Å². The van der Waals surface area contributed by atoms with Gasteiger partial charge in [0.05, 0.1) is 5.25 Å². The second-order valence-corrected chi connectivity index (χ2v) is 6.21. The number of carbonyl (C=O) groups is 3. The van der Waals surface area contributed by atoms with Crippen molar-refractivity contribution in [3.8, 4) is 0 Å². The standard InChI is InChI=1S/C17H20N2O4S/c20-15(21)11-19-9-5-4-8-13(17(19)23)18-16(22)14(24)10-12-6-2-1-3-7-12/h1-3,5-7,9,13-14,24H,4,8,10-11H2,(H,18,22)(H,20,21)/t13-,14-/m0/s1. The van der Waals surface area contributed by atoms with Crippen molar-refractivity contribution in [3.63, 3.8) is 0 Å². The van der Waals surface area contributed by atoms with Gasteiger partial charge in [-0.25, -0.2) is 0 Å². The third-order valence-electron chi connectivity index (χ3n) is 3.69. The highest BCUT2D eigenvalue weighted by molar-refractivity contribution is 7.81. The van der Waals surface area contributed by atoms with Crippen LogP contribution in [0.2, 0.25) is 0 Å². The molecule has 0 saturated heterocycles. The minimum absolute atomic E-state index is 0.335. The predicted octanol–water partition coefficient (Wildman–Crippen LogP) is 1.23. The van der Waals surface area contributed by atoms with Crippen LogP contribution in [0.1, 0.15) is 18.4 Å². The minimum Gasteiger partial charge on any atom is -0.480 e. The second kappa shape index (κ2) is 8.54. The fourth-order valence-corrected chi connectivity index (χ4v) is 2.76. The van der Waals surface area contributed by atoms with Crippen molar-refractivity contribution in [2.45, 2.75) is 30.6 Å². The number of thiol groups is 1. The molecule has 2 amide bonds. The summed E-state index contributed by atoms with van der Waals surface area (Å²) in [5.41, 5.74) is 0.981. The first-order valence-electron chi connectivity index (χ1n) is 7.68. The lowest BCUT2D eigenvalue weighted by Crippen LogP contribution is -2.49. The molecule has 0 saturated carbocycles. The molecule has 0 spiro atoms. The van der Waals surface area contributed by atoms with Crippen LogP contribution in [0.15, 0.2) is 42.6 Å². The molecule has 7 heteroatoms. The number of benzene rings is 1. The van der Waals surface area contributed by atoms with E-state index in [0.29, 0.717) is 19.3 Å². The Morgan fingerprint density at radius 3 is 2.71 bits per heavy atom. The van der Waals surface area contributed by atoms with E-state index >= 15 is 0 Å². The Morgan fingerprint density at radius 2 is 2.04 bits per heavy atom. The number of rotatable bonds is 6. The molecule has 1 aliphatic rings. The molecule has 6 nitrogen and oxygen atoms in total. The maximum Gasteiger partial charge on any atom is 0.323 e. The minimum atomic E-state index is -1.10. The number of hydrogen-bond acceptors (Lipinski definition) is 4. The molecular formula is C17H20N2O4S. The van der Waals surface area contributed by atoms with Crippen LogP contribution in [0.4, 0.5) is 0 Å². The van der Waals surface area contributed by atoms with Crippen molar-refractivity contribution in [1.82, 2.24) is 10.2 Å². The zero-order valence-corrected chi connectivity index (χ0v) is 14.0. The number of carbonyl (C=O) groups excluding carboxylic acids is 2. The van der Waals surface area contributed by atoms with Crippen molar-refractivity contribution in [2.75, 3.05) is 6.54 Å². The van der Waals surface area contributed by atoms with E-state index in [-0.39, 0.29) is 5.91 Å². The molecule has 2 N–H and O–H groups in total. The Morgan fingerprint density at radius 1 is 1.33 bits per heavy atom. The molecule has 1 aromatic carbocycles. The number of allylic oxidation sites excluding steroid dienone is 1. The quantitative estimate of drug-likeness (QED) is 0.675. The maximum absolute atomic E-state index is 12.4. The van der Waals surface area contributed by atoms with Crippen LogP contribution in [-0.4, -0.2) is 45.6 Å². The summed E-state index contributed by atoms with van der Waals surface area (Å²) in [5.74, 6) is -1.85. The molecule has 0 radical (unpaired) electrons. The Labute approximate surface area is 145 Å². The zero-order chi connectivity index (χ0) is 17.5. The maximum atomic E-state index is 12.4. The van der Waals surface area contributed by atoms with Crippen molar-refractivity contribution in [1.29, 1.82) is 0 Å². The first-order chi connectivity index (χ1) is 11.5. The van der Waals surface area contributed by atoms with Crippen LogP contribution in [0.3, 0.4) is 0 Å². The third-order valence-corrected chi connectivity index (χ3v) is 4.10. The van der Waals surface area contributed by atoms with E-state index in [9.17, 15) is 14.4 Å². The number of nitrogens with one attached hydrogen (secondary N) is 1. The molecule has 24 heavy (non-hydrogen) atoms. The van der Waals surface area contributed by atoms with E-state index in [1.165, 1.54) is 6.20 Å². The summed E-state index contributed by atoms with van der Waals surface area (Å²) in [4.78, 5) is 36.6. The highest BCUT2D eigenvalue weighted by Crippen LogP contribution is 2.12. The fourth-order valence-electron chi connectivity index (χ4n) is 2.47. The average Bonchev–Trinajstić information content (AvgIpc) is 2.71. The van der Waals surface area contributed by atoms with Crippen LogP contribution >= 0.6 is 12.6 Å². The molecule has 2 atom stereocenters. The lowest BCUT2D eigenvalue weighted by molar-refractivity contribution is -0.143. The molecular weight excluding hydrogens is 328 g/mol. The molecule has 0 aliphatic carbocycles. The van der Waals surface area contributed by atoms with Gasteiger partial charge in [0, 0.05) is 6.20 Å². The molecule has 1 heterocycles. The number of carboxylic acid groups (broad SMARTS) is 1. The number of amides is 2. The van der Waals surface area contributed by atoms with Crippen molar-refractivity contribution in [3.05, 3.63) is 48.2 Å². The lowest BCUT2D eigenvalue weighted by Gasteiger charge is -2.23. The van der Waals surface area contributed by atoms with Gasteiger partial charge in [0.2, 0.25) is 11.8 Å². The largest absolute Gasteiger partial charge is 0.480 e. The van der Waals surface area contributed by atoms with E-state index in [4.69, 9.17) is 5.11 Å². The van der Waals surface area contributed by atoms with Crippen LogP contribution in [0.5, 0.6) is 0 Å². The summed E-state index contributed by atoms with van der Waals surface area (Å²) in [5, 5.41) is 11.0. The normalized spacial score (nSPS) is 18.8. The third kappa shape index (κ3) is 5.13. The van der Waals surface area contributed by atoms with Crippen LogP contribution in [0.25, 0.3) is 0 Å². The topological polar surface area (TPSA) is 86.7 Å².